The van der Waals surface area contributed by atoms with Gasteiger partial charge in [-0.2, -0.15) is 0 Å². The first-order valence-electron chi connectivity index (χ1n) is 7.01. The van der Waals surface area contributed by atoms with Gasteiger partial charge in [-0.25, -0.2) is 0 Å². The van der Waals surface area contributed by atoms with E-state index in [1.165, 1.54) is 6.08 Å². The van der Waals surface area contributed by atoms with Crippen LogP contribution >= 0.6 is 0 Å². The lowest BCUT2D eigenvalue weighted by molar-refractivity contribution is -0.138. The molecule has 10 heteroatoms. The third-order valence-corrected chi connectivity index (χ3v) is 3.76. The van der Waals surface area contributed by atoms with Crippen LogP contribution in [0.5, 0.6) is 0 Å². The topological polar surface area (TPSA) is 191 Å². The van der Waals surface area contributed by atoms with E-state index in [-0.39, 0.29) is 5.57 Å². The van der Waals surface area contributed by atoms with Crippen LogP contribution < -0.4 is 5.32 Å². The second-order valence-electron chi connectivity index (χ2n) is 5.35. The fourth-order valence-electron chi connectivity index (χ4n) is 2.29. The highest BCUT2D eigenvalue weighted by Gasteiger charge is 2.39. The number of hydrogen-bond acceptors (Lipinski definition) is 10. The number of rotatable bonds is 8. The molecule has 0 radical (unpaired) electrons. The molecule has 7 atom stereocenters. The Hall–Kier alpha value is -0.950. The van der Waals surface area contributed by atoms with E-state index in [0.29, 0.717) is 0 Å². The van der Waals surface area contributed by atoms with Crippen LogP contribution in [0.15, 0.2) is 11.6 Å². The highest BCUT2D eigenvalue weighted by atomic mass is 16.4. The second kappa shape index (κ2) is 8.78. The van der Waals surface area contributed by atoms with Crippen molar-refractivity contribution in [1.29, 1.82) is 0 Å². The lowest BCUT2D eigenvalue weighted by atomic mass is 9.87. The molecule has 5 unspecified atom stereocenters. The average Bonchev–Trinajstić information content (AvgIpc) is 2.57. The number of nitrogens with one attached hydrogen (secondary N) is 1. The molecule has 1 rings (SSSR count). The summed E-state index contributed by atoms with van der Waals surface area (Å²) in [6.07, 6.45) is -7.12. The number of Topliss-reactive ketones (excluding diaryl/α,β-unsaturated/α-hetero) is 1. The molecule has 0 aromatic carbocycles. The lowest BCUT2D eigenvalue weighted by Gasteiger charge is -2.36. The number of aliphatic hydroxyl groups excluding tert-OH is 8. The van der Waals surface area contributed by atoms with Crippen LogP contribution in [0.3, 0.4) is 0 Å². The molecule has 1 aliphatic carbocycles. The summed E-state index contributed by atoms with van der Waals surface area (Å²) in [5.41, 5.74) is 0.0142. The zero-order valence-electron chi connectivity index (χ0n) is 12.2. The van der Waals surface area contributed by atoms with E-state index in [2.05, 4.69) is 5.32 Å². The predicted octanol–water partition coefficient (Wildman–Crippen LogP) is -5.40. The van der Waals surface area contributed by atoms with Gasteiger partial charge in [0.25, 0.3) is 0 Å². The van der Waals surface area contributed by atoms with E-state index >= 15 is 0 Å². The molecule has 0 saturated carbocycles. The van der Waals surface area contributed by atoms with Gasteiger partial charge in [0.1, 0.15) is 30.5 Å². The summed E-state index contributed by atoms with van der Waals surface area (Å²) in [6.45, 7) is -2.25. The van der Waals surface area contributed by atoms with Crippen LogP contribution in [-0.4, -0.2) is 109 Å². The zero-order valence-corrected chi connectivity index (χ0v) is 12.2. The van der Waals surface area contributed by atoms with Gasteiger partial charge in [0.15, 0.2) is 5.78 Å². The molecule has 1 aliphatic rings. The van der Waals surface area contributed by atoms with E-state index in [9.17, 15) is 35.4 Å². The minimum absolute atomic E-state index is 0.0142. The highest BCUT2D eigenvalue weighted by molar-refractivity contribution is 5.88. The summed E-state index contributed by atoms with van der Waals surface area (Å²) in [5, 5.41) is 77.6. The van der Waals surface area contributed by atoms with Crippen LogP contribution in [0.1, 0.15) is 0 Å². The van der Waals surface area contributed by atoms with Gasteiger partial charge >= 0.3 is 0 Å². The van der Waals surface area contributed by atoms with Crippen molar-refractivity contribution in [2.45, 2.75) is 42.6 Å². The van der Waals surface area contributed by atoms with Gasteiger partial charge in [0.2, 0.25) is 0 Å². The lowest BCUT2D eigenvalue weighted by Crippen LogP contribution is -2.59. The maximum Gasteiger partial charge on any atom is 0.183 e. The Morgan fingerprint density at radius 2 is 1.70 bits per heavy atom. The Morgan fingerprint density at radius 1 is 1.09 bits per heavy atom. The summed E-state index contributed by atoms with van der Waals surface area (Å²) in [5.74, 6) is -1.03. The van der Waals surface area contributed by atoms with Crippen molar-refractivity contribution in [2.75, 3.05) is 19.8 Å². The smallest absolute Gasteiger partial charge is 0.183 e. The maximum absolute atomic E-state index is 11.9. The third-order valence-electron chi connectivity index (χ3n) is 3.76. The third kappa shape index (κ3) is 4.53. The molecule has 0 aliphatic heterocycles. The highest BCUT2D eigenvalue weighted by Crippen LogP contribution is 2.20. The van der Waals surface area contributed by atoms with Crippen LogP contribution in [0.4, 0.5) is 0 Å². The molecular formula is C13H23NO9. The molecule has 134 valence electrons. The first-order chi connectivity index (χ1) is 10.8. The Labute approximate surface area is 131 Å². The van der Waals surface area contributed by atoms with Gasteiger partial charge in [-0.1, -0.05) is 6.08 Å². The number of ketones is 1. The minimum atomic E-state index is -1.96. The molecule has 0 bridgehead atoms. The van der Waals surface area contributed by atoms with Crippen molar-refractivity contribution in [3.05, 3.63) is 11.6 Å². The second-order valence-corrected chi connectivity index (χ2v) is 5.35. The fourth-order valence-corrected chi connectivity index (χ4v) is 2.29. The Balaban J connectivity index is 2.89. The molecule has 9 N–H and O–H groups in total. The molecule has 0 heterocycles. The Kier molecular flexibility index (Phi) is 7.67. The standard InChI is InChI=1S/C13H23NO9/c15-2-5-1-6(10(20)13(23)9(5)19)14-7(3-16)11(21)12(22)8(18)4-17/h1,6-10,12-20,22-23H,2-4H2/t6?,7?,8?,9?,10?,12-,13+/m1/s1. The van der Waals surface area contributed by atoms with E-state index in [1.54, 1.807) is 0 Å². The van der Waals surface area contributed by atoms with Gasteiger partial charge in [-0.15, -0.1) is 0 Å². The van der Waals surface area contributed by atoms with Gasteiger partial charge in [0.05, 0.1) is 31.9 Å². The maximum atomic E-state index is 11.9. The SMILES string of the molecule is O=C(C(CO)NC1C=C(CO)C(O)[C@H](O)C1O)[C@H](O)C(O)CO. The quantitative estimate of drug-likeness (QED) is 0.193. The molecular weight excluding hydrogens is 314 g/mol. The molecule has 0 saturated heterocycles. The minimum Gasteiger partial charge on any atom is -0.394 e. The molecule has 10 nitrogen and oxygen atoms in total. The summed E-state index contributed by atoms with van der Waals surface area (Å²) in [7, 11) is 0. The normalized spacial score (nSPS) is 32.1. The van der Waals surface area contributed by atoms with Crippen LogP contribution in [-0.2, 0) is 4.79 Å². The van der Waals surface area contributed by atoms with Crippen LogP contribution in [0, 0.1) is 0 Å². The van der Waals surface area contributed by atoms with Crippen molar-refractivity contribution >= 4 is 5.78 Å². The van der Waals surface area contributed by atoms with Crippen molar-refractivity contribution in [1.82, 2.24) is 5.32 Å². The number of hydrogen-bond donors (Lipinski definition) is 9. The largest absolute Gasteiger partial charge is 0.394 e. The van der Waals surface area contributed by atoms with E-state index in [1.807, 2.05) is 0 Å². The van der Waals surface area contributed by atoms with E-state index in [4.69, 9.17) is 10.2 Å². The predicted molar refractivity (Wildman–Crippen MR) is 75.1 cm³/mol. The van der Waals surface area contributed by atoms with Crippen molar-refractivity contribution in [3.8, 4) is 0 Å². The monoisotopic (exact) mass is 337 g/mol. The van der Waals surface area contributed by atoms with Gasteiger partial charge < -0.3 is 40.9 Å². The molecule has 0 aromatic heterocycles. The summed E-state index contributed by atoms with van der Waals surface area (Å²) < 4.78 is 0. The summed E-state index contributed by atoms with van der Waals surface area (Å²) in [4.78, 5) is 11.9. The van der Waals surface area contributed by atoms with Crippen molar-refractivity contribution in [3.63, 3.8) is 0 Å². The molecule has 23 heavy (non-hydrogen) atoms. The Bertz CT molecular complexity index is 430. The first-order valence-corrected chi connectivity index (χ1v) is 7.01. The van der Waals surface area contributed by atoms with Crippen molar-refractivity contribution in [2.24, 2.45) is 0 Å². The van der Waals surface area contributed by atoms with E-state index < -0.39 is 68.2 Å². The summed E-state index contributed by atoms with van der Waals surface area (Å²) >= 11 is 0. The zero-order chi connectivity index (χ0) is 17.7. The van der Waals surface area contributed by atoms with Gasteiger partial charge in [-0.3, -0.25) is 10.1 Å². The van der Waals surface area contributed by atoms with Crippen LogP contribution in [0.25, 0.3) is 0 Å². The summed E-state index contributed by atoms with van der Waals surface area (Å²) in [6, 6.07) is -2.51. The molecule has 0 fully saturated rings. The first kappa shape index (κ1) is 20.1. The van der Waals surface area contributed by atoms with Crippen molar-refractivity contribution < 1.29 is 45.6 Å². The van der Waals surface area contributed by atoms with Crippen LogP contribution in [0.2, 0.25) is 0 Å². The molecule has 0 spiro atoms. The number of carbonyl (C=O) groups is 1. The van der Waals surface area contributed by atoms with E-state index in [0.717, 1.165) is 0 Å². The Morgan fingerprint density at radius 3 is 2.17 bits per heavy atom. The fraction of sp³-hybridized carbons (Fsp3) is 0.769. The number of carbonyl (C=O) groups excluding carboxylic acids is 1. The number of aliphatic hydroxyl groups is 8. The van der Waals surface area contributed by atoms with Gasteiger partial charge in [-0.05, 0) is 5.57 Å². The molecule has 0 aromatic rings. The molecule has 0 amide bonds. The average molecular weight is 337 g/mol. The van der Waals surface area contributed by atoms with Gasteiger partial charge in [0, 0.05) is 0 Å².